The van der Waals surface area contributed by atoms with Crippen LogP contribution >= 0.6 is 0 Å². The molecule has 0 saturated carbocycles. The molecule has 1 aromatic rings. The van der Waals surface area contributed by atoms with Crippen LogP contribution in [0.15, 0.2) is 36.9 Å². The molecule has 1 aliphatic heterocycles. The molecule has 5 nitrogen and oxygen atoms in total. The molecule has 0 aromatic heterocycles. The van der Waals surface area contributed by atoms with Gasteiger partial charge in [-0.15, -0.1) is 6.58 Å². The number of rotatable bonds is 5. The number of hydrogen-bond acceptors (Lipinski definition) is 5. The average Bonchev–Trinajstić information content (AvgIpc) is 2.38. The highest BCUT2D eigenvalue weighted by atomic mass is 32.2. The van der Waals surface area contributed by atoms with Gasteiger partial charge < -0.3 is 8.92 Å². The Morgan fingerprint density at radius 2 is 2.15 bits per heavy atom. The van der Waals surface area contributed by atoms with Gasteiger partial charge in [-0.1, -0.05) is 18.2 Å². The van der Waals surface area contributed by atoms with Crippen LogP contribution in [-0.4, -0.2) is 45.8 Å². The van der Waals surface area contributed by atoms with Crippen molar-refractivity contribution >= 4 is 10.1 Å². The summed E-state index contributed by atoms with van der Waals surface area (Å²) in [6.07, 6.45) is 2.90. The van der Waals surface area contributed by atoms with Crippen molar-refractivity contribution in [3.63, 3.8) is 0 Å². The van der Waals surface area contributed by atoms with Crippen molar-refractivity contribution in [1.82, 2.24) is 4.90 Å². The van der Waals surface area contributed by atoms with Crippen molar-refractivity contribution in [2.75, 3.05) is 32.5 Å². The zero-order chi connectivity index (χ0) is 14.6. The molecular weight excluding hydrogens is 278 g/mol. The molecule has 0 aliphatic carbocycles. The van der Waals surface area contributed by atoms with Crippen LogP contribution in [0, 0.1) is 0 Å². The molecule has 0 amide bonds. The monoisotopic (exact) mass is 297 g/mol. The van der Waals surface area contributed by atoms with Crippen LogP contribution in [0.4, 0.5) is 0 Å². The minimum Gasteiger partial charge on any atom is -0.383 e. The van der Waals surface area contributed by atoms with Crippen LogP contribution in [0.2, 0.25) is 0 Å². The van der Waals surface area contributed by atoms with Gasteiger partial charge in [-0.3, -0.25) is 4.90 Å². The molecule has 1 aliphatic rings. The first-order valence-corrected chi connectivity index (χ1v) is 8.24. The summed E-state index contributed by atoms with van der Waals surface area (Å²) in [5, 5.41) is 0. The molecule has 1 atom stereocenters. The molecule has 6 heteroatoms. The van der Waals surface area contributed by atoms with Gasteiger partial charge in [0.05, 0.1) is 19.0 Å². The first kappa shape index (κ1) is 15.0. The molecule has 1 aromatic carbocycles. The predicted octanol–water partition coefficient (Wildman–Crippen LogP) is 1.58. The summed E-state index contributed by atoms with van der Waals surface area (Å²) < 4.78 is 32.6. The maximum absolute atomic E-state index is 11.0. The Morgan fingerprint density at radius 1 is 1.45 bits per heavy atom. The lowest BCUT2D eigenvalue weighted by Gasteiger charge is -2.32. The second kappa shape index (κ2) is 6.39. The minimum atomic E-state index is -3.48. The van der Waals surface area contributed by atoms with E-state index in [9.17, 15) is 8.42 Å². The third kappa shape index (κ3) is 4.33. The van der Waals surface area contributed by atoms with Gasteiger partial charge in [0.25, 0.3) is 0 Å². The topological polar surface area (TPSA) is 55.8 Å². The highest BCUT2D eigenvalue weighted by molar-refractivity contribution is 7.86. The lowest BCUT2D eigenvalue weighted by atomic mass is 10.1. The van der Waals surface area contributed by atoms with Crippen molar-refractivity contribution in [1.29, 1.82) is 0 Å². The SMILES string of the molecule is C=CCN1CCOC(c2ccc(OS(C)(=O)=O)cc2)C1. The second-order valence-electron chi connectivity index (χ2n) is 4.76. The Kier molecular flexibility index (Phi) is 4.80. The summed E-state index contributed by atoms with van der Waals surface area (Å²) in [5.74, 6) is 0.315. The highest BCUT2D eigenvalue weighted by Crippen LogP contribution is 2.24. The molecule has 1 heterocycles. The summed E-state index contributed by atoms with van der Waals surface area (Å²) in [7, 11) is -3.48. The molecule has 0 radical (unpaired) electrons. The van der Waals surface area contributed by atoms with Crippen molar-refractivity contribution in [3.8, 4) is 5.75 Å². The Hall–Kier alpha value is -1.37. The van der Waals surface area contributed by atoms with E-state index in [0.29, 0.717) is 12.4 Å². The molecule has 1 unspecified atom stereocenters. The number of morpholine rings is 1. The largest absolute Gasteiger partial charge is 0.383 e. The zero-order valence-electron chi connectivity index (χ0n) is 11.5. The van der Waals surface area contributed by atoms with E-state index >= 15 is 0 Å². The van der Waals surface area contributed by atoms with E-state index in [4.69, 9.17) is 8.92 Å². The van der Waals surface area contributed by atoms with Gasteiger partial charge in [-0.05, 0) is 17.7 Å². The van der Waals surface area contributed by atoms with Gasteiger partial charge in [-0.2, -0.15) is 8.42 Å². The zero-order valence-corrected chi connectivity index (χ0v) is 12.3. The number of benzene rings is 1. The van der Waals surface area contributed by atoms with Crippen molar-refractivity contribution in [2.45, 2.75) is 6.10 Å². The van der Waals surface area contributed by atoms with Gasteiger partial charge in [0.1, 0.15) is 5.75 Å². The summed E-state index contributed by atoms with van der Waals surface area (Å²) >= 11 is 0. The average molecular weight is 297 g/mol. The van der Waals surface area contributed by atoms with E-state index < -0.39 is 10.1 Å². The van der Waals surface area contributed by atoms with Crippen molar-refractivity contribution in [2.24, 2.45) is 0 Å². The maximum Gasteiger partial charge on any atom is 0.306 e. The molecule has 1 saturated heterocycles. The van der Waals surface area contributed by atoms with E-state index in [1.807, 2.05) is 18.2 Å². The Morgan fingerprint density at radius 3 is 2.75 bits per heavy atom. The van der Waals surface area contributed by atoms with Gasteiger partial charge >= 0.3 is 10.1 Å². The van der Waals surface area contributed by atoms with E-state index in [0.717, 1.165) is 31.5 Å². The van der Waals surface area contributed by atoms with Gasteiger partial charge in [0, 0.05) is 19.6 Å². The van der Waals surface area contributed by atoms with Crippen LogP contribution in [-0.2, 0) is 14.9 Å². The standard InChI is InChI=1S/C14H19NO4S/c1-3-8-15-9-10-18-14(11-15)12-4-6-13(7-5-12)19-20(2,16)17/h3-7,14H,1,8-11H2,2H3. The molecule has 110 valence electrons. The van der Waals surface area contributed by atoms with Gasteiger partial charge in [-0.25, -0.2) is 0 Å². The normalized spacial score (nSPS) is 20.6. The van der Waals surface area contributed by atoms with Crippen molar-refractivity contribution < 1.29 is 17.3 Å². The fourth-order valence-electron chi connectivity index (χ4n) is 2.17. The third-order valence-electron chi connectivity index (χ3n) is 3.04. The fourth-order valence-corrected chi connectivity index (χ4v) is 2.63. The van der Waals surface area contributed by atoms with Gasteiger partial charge in [0.15, 0.2) is 0 Å². The van der Waals surface area contributed by atoms with Crippen LogP contribution in [0.25, 0.3) is 0 Å². The predicted molar refractivity (Wildman–Crippen MR) is 77.2 cm³/mol. The fraction of sp³-hybridized carbons (Fsp3) is 0.429. The molecule has 1 fully saturated rings. The number of ether oxygens (including phenoxy) is 1. The molecule has 0 N–H and O–H groups in total. The summed E-state index contributed by atoms with van der Waals surface area (Å²) in [5.41, 5.74) is 1.01. The Bertz CT molecular complexity index is 553. The van der Waals surface area contributed by atoms with Crippen molar-refractivity contribution in [3.05, 3.63) is 42.5 Å². The van der Waals surface area contributed by atoms with Gasteiger partial charge in [0.2, 0.25) is 0 Å². The van der Waals surface area contributed by atoms with Crippen LogP contribution in [0.3, 0.4) is 0 Å². The van der Waals surface area contributed by atoms with E-state index in [1.165, 1.54) is 0 Å². The first-order chi connectivity index (χ1) is 9.48. The minimum absolute atomic E-state index is 0.00372. The molecule has 0 bridgehead atoms. The highest BCUT2D eigenvalue weighted by Gasteiger charge is 2.21. The molecule has 0 spiro atoms. The lowest BCUT2D eigenvalue weighted by Crippen LogP contribution is -2.38. The summed E-state index contributed by atoms with van der Waals surface area (Å²) in [6, 6.07) is 6.96. The molecule has 20 heavy (non-hydrogen) atoms. The van der Waals surface area contributed by atoms with E-state index in [2.05, 4.69) is 11.5 Å². The summed E-state index contributed by atoms with van der Waals surface area (Å²) in [6.45, 7) is 6.97. The van der Waals surface area contributed by atoms with Crippen LogP contribution in [0.1, 0.15) is 11.7 Å². The first-order valence-electron chi connectivity index (χ1n) is 6.42. The van der Waals surface area contributed by atoms with E-state index in [1.54, 1.807) is 12.1 Å². The second-order valence-corrected chi connectivity index (χ2v) is 6.34. The molecule has 2 rings (SSSR count). The summed E-state index contributed by atoms with van der Waals surface area (Å²) in [4.78, 5) is 2.27. The van der Waals surface area contributed by atoms with E-state index in [-0.39, 0.29) is 6.10 Å². The number of hydrogen-bond donors (Lipinski definition) is 0. The maximum atomic E-state index is 11.0. The quantitative estimate of drug-likeness (QED) is 0.610. The number of nitrogens with zero attached hydrogens (tertiary/aromatic N) is 1. The van der Waals surface area contributed by atoms with Crippen LogP contribution in [0.5, 0.6) is 5.75 Å². The Balaban J connectivity index is 2.04. The van der Waals surface area contributed by atoms with Crippen LogP contribution < -0.4 is 4.18 Å². The molecular formula is C14H19NO4S. The Labute approximate surface area is 119 Å². The third-order valence-corrected chi connectivity index (χ3v) is 3.53. The smallest absolute Gasteiger partial charge is 0.306 e. The lowest BCUT2D eigenvalue weighted by molar-refractivity contribution is -0.0260.